The van der Waals surface area contributed by atoms with Gasteiger partial charge >= 0.3 is 0 Å². The summed E-state index contributed by atoms with van der Waals surface area (Å²) in [6, 6.07) is 9.87. The maximum Gasteiger partial charge on any atom is 0.255 e. The Bertz CT molecular complexity index is 816. The number of piperidine rings is 1. The molecule has 3 heterocycles. The molecule has 0 atom stereocenters. The Hall–Kier alpha value is -2.60. The molecular weight excluding hydrogens is 354 g/mol. The highest BCUT2D eigenvalue weighted by atomic mass is 16.5. The second-order valence-corrected chi connectivity index (χ2v) is 7.44. The summed E-state index contributed by atoms with van der Waals surface area (Å²) in [5.74, 6) is 1.35. The van der Waals surface area contributed by atoms with E-state index in [1.807, 2.05) is 4.90 Å². The number of carbonyl (C=O) groups is 1. The highest BCUT2D eigenvalue weighted by Gasteiger charge is 2.22. The van der Waals surface area contributed by atoms with E-state index >= 15 is 0 Å². The Labute approximate surface area is 166 Å². The van der Waals surface area contributed by atoms with Gasteiger partial charge in [0.25, 0.3) is 5.91 Å². The van der Waals surface area contributed by atoms with E-state index in [0.717, 1.165) is 17.9 Å². The number of rotatable bonds is 4. The number of carbonyl (C=O) groups excluding carboxylic acids is 1. The fourth-order valence-corrected chi connectivity index (χ4v) is 3.91. The third-order valence-corrected chi connectivity index (χ3v) is 5.44. The van der Waals surface area contributed by atoms with Gasteiger partial charge in [0.05, 0.1) is 19.2 Å². The van der Waals surface area contributed by atoms with Crippen molar-refractivity contribution >= 4 is 5.91 Å². The highest BCUT2D eigenvalue weighted by Crippen LogP contribution is 2.26. The van der Waals surface area contributed by atoms with E-state index < -0.39 is 0 Å². The third kappa shape index (κ3) is 4.28. The zero-order valence-electron chi connectivity index (χ0n) is 16.4. The normalized spacial score (nSPS) is 17.4. The highest BCUT2D eigenvalue weighted by molar-refractivity contribution is 5.94. The molecule has 0 bridgehead atoms. The van der Waals surface area contributed by atoms with Crippen LogP contribution >= 0.6 is 0 Å². The van der Waals surface area contributed by atoms with Gasteiger partial charge in [-0.1, -0.05) is 12.5 Å². The number of ether oxygens (including phenoxy) is 2. The van der Waals surface area contributed by atoms with Gasteiger partial charge in [-0.3, -0.25) is 9.69 Å². The van der Waals surface area contributed by atoms with Crippen LogP contribution < -0.4 is 9.47 Å². The van der Waals surface area contributed by atoms with Crippen LogP contribution in [0, 0.1) is 0 Å². The van der Waals surface area contributed by atoms with Crippen molar-refractivity contribution in [2.45, 2.75) is 32.4 Å². The molecule has 1 fully saturated rings. The van der Waals surface area contributed by atoms with Gasteiger partial charge in [0.1, 0.15) is 12.4 Å². The molecule has 0 radical (unpaired) electrons. The number of amides is 1. The molecule has 0 saturated carbocycles. The zero-order valence-corrected chi connectivity index (χ0v) is 16.4. The minimum Gasteiger partial charge on any atom is -0.491 e. The first kappa shape index (κ1) is 18.7. The number of pyridine rings is 1. The lowest BCUT2D eigenvalue weighted by molar-refractivity contribution is 0.0732. The van der Waals surface area contributed by atoms with Crippen molar-refractivity contribution in [3.63, 3.8) is 0 Å². The number of benzene rings is 1. The van der Waals surface area contributed by atoms with E-state index in [1.54, 1.807) is 25.4 Å². The molecule has 0 unspecified atom stereocenters. The zero-order chi connectivity index (χ0) is 19.3. The number of fused-ring (bicyclic) bond motifs is 1. The smallest absolute Gasteiger partial charge is 0.255 e. The first-order valence-electron chi connectivity index (χ1n) is 9.99. The molecule has 4 rings (SSSR count). The second kappa shape index (κ2) is 8.61. The molecule has 2 aromatic rings. The molecule has 1 amide bonds. The Morgan fingerprint density at radius 2 is 2.00 bits per heavy atom. The molecule has 0 spiro atoms. The molecule has 1 saturated heterocycles. The molecule has 0 aliphatic carbocycles. The summed E-state index contributed by atoms with van der Waals surface area (Å²) in [4.78, 5) is 21.4. The van der Waals surface area contributed by atoms with Crippen LogP contribution in [0.4, 0.5) is 0 Å². The number of hydrogen-bond acceptors (Lipinski definition) is 5. The molecule has 6 heteroatoms. The van der Waals surface area contributed by atoms with Gasteiger partial charge in [-0.25, -0.2) is 4.98 Å². The molecular formula is C22H27N3O3. The van der Waals surface area contributed by atoms with Crippen LogP contribution in [0.25, 0.3) is 0 Å². The van der Waals surface area contributed by atoms with Crippen LogP contribution in [0.15, 0.2) is 36.5 Å². The van der Waals surface area contributed by atoms with Gasteiger partial charge < -0.3 is 14.4 Å². The van der Waals surface area contributed by atoms with Crippen LogP contribution in [-0.4, -0.2) is 54.0 Å². The van der Waals surface area contributed by atoms with Crippen molar-refractivity contribution < 1.29 is 14.3 Å². The average Bonchev–Trinajstić information content (AvgIpc) is 2.96. The van der Waals surface area contributed by atoms with Crippen molar-refractivity contribution in [1.29, 1.82) is 0 Å². The minimum absolute atomic E-state index is 0.0342. The summed E-state index contributed by atoms with van der Waals surface area (Å²) < 4.78 is 11.0. The molecule has 2 aliphatic heterocycles. The van der Waals surface area contributed by atoms with Crippen molar-refractivity contribution in [3.05, 3.63) is 53.2 Å². The van der Waals surface area contributed by atoms with Crippen molar-refractivity contribution in [2.75, 3.05) is 33.4 Å². The SMILES string of the molecule is COc1ccc(C(=O)N2CCOc3ccc(CN4CCCCC4)cc3C2)cn1. The number of nitrogens with zero attached hydrogens (tertiary/aromatic N) is 3. The van der Waals surface area contributed by atoms with Crippen molar-refractivity contribution in [2.24, 2.45) is 0 Å². The molecule has 28 heavy (non-hydrogen) atoms. The lowest BCUT2D eigenvalue weighted by atomic mass is 10.1. The number of aromatic nitrogens is 1. The van der Waals surface area contributed by atoms with Crippen LogP contribution in [-0.2, 0) is 13.1 Å². The van der Waals surface area contributed by atoms with Gasteiger partial charge in [-0.2, -0.15) is 0 Å². The van der Waals surface area contributed by atoms with E-state index in [-0.39, 0.29) is 5.91 Å². The van der Waals surface area contributed by atoms with E-state index in [9.17, 15) is 4.79 Å². The second-order valence-electron chi connectivity index (χ2n) is 7.44. The van der Waals surface area contributed by atoms with E-state index in [4.69, 9.17) is 9.47 Å². The van der Waals surface area contributed by atoms with Crippen LogP contribution in [0.2, 0.25) is 0 Å². The maximum absolute atomic E-state index is 12.9. The van der Waals surface area contributed by atoms with E-state index in [0.29, 0.717) is 31.1 Å². The van der Waals surface area contributed by atoms with Gasteiger partial charge in [0, 0.05) is 30.9 Å². The fraction of sp³-hybridized carbons (Fsp3) is 0.455. The lowest BCUT2D eigenvalue weighted by Crippen LogP contribution is -2.32. The number of likely N-dealkylation sites (tertiary alicyclic amines) is 1. The van der Waals surface area contributed by atoms with E-state index in [2.05, 4.69) is 28.1 Å². The van der Waals surface area contributed by atoms with Gasteiger partial charge in [-0.15, -0.1) is 0 Å². The van der Waals surface area contributed by atoms with Crippen molar-refractivity contribution in [3.8, 4) is 11.6 Å². The van der Waals surface area contributed by atoms with Crippen LogP contribution in [0.5, 0.6) is 11.6 Å². The monoisotopic (exact) mass is 381 g/mol. The van der Waals surface area contributed by atoms with E-state index in [1.165, 1.54) is 37.9 Å². The Kier molecular flexibility index (Phi) is 5.76. The standard InChI is InChI=1S/C22H27N3O3/c1-27-21-8-6-18(14-23-21)22(26)25-11-12-28-20-7-5-17(13-19(20)16-25)15-24-9-3-2-4-10-24/h5-8,13-14H,2-4,9-12,15-16H2,1H3. The Morgan fingerprint density at radius 3 is 2.75 bits per heavy atom. The summed E-state index contributed by atoms with van der Waals surface area (Å²) in [6.07, 6.45) is 5.48. The van der Waals surface area contributed by atoms with Crippen molar-refractivity contribution in [1.82, 2.24) is 14.8 Å². The molecule has 148 valence electrons. The minimum atomic E-state index is -0.0342. The first-order valence-corrected chi connectivity index (χ1v) is 9.99. The summed E-state index contributed by atoms with van der Waals surface area (Å²) in [6.45, 7) is 4.90. The predicted octanol–water partition coefficient (Wildman–Crippen LogP) is 3.11. The third-order valence-electron chi connectivity index (χ3n) is 5.44. The molecule has 0 N–H and O–H groups in total. The maximum atomic E-state index is 12.9. The average molecular weight is 381 g/mol. The van der Waals surface area contributed by atoms with Gasteiger partial charge in [0.15, 0.2) is 0 Å². The molecule has 1 aromatic carbocycles. The summed E-state index contributed by atoms with van der Waals surface area (Å²) >= 11 is 0. The molecule has 1 aromatic heterocycles. The summed E-state index contributed by atoms with van der Waals surface area (Å²) in [5.41, 5.74) is 2.92. The molecule has 6 nitrogen and oxygen atoms in total. The Morgan fingerprint density at radius 1 is 1.14 bits per heavy atom. The van der Waals surface area contributed by atoms with Gasteiger partial charge in [-0.05, 0) is 49.7 Å². The Balaban J connectivity index is 1.49. The van der Waals surface area contributed by atoms with Crippen LogP contribution in [0.1, 0.15) is 40.7 Å². The topological polar surface area (TPSA) is 54.9 Å². The fourth-order valence-electron chi connectivity index (χ4n) is 3.91. The number of methoxy groups -OCH3 is 1. The van der Waals surface area contributed by atoms with Crippen LogP contribution in [0.3, 0.4) is 0 Å². The number of hydrogen-bond donors (Lipinski definition) is 0. The predicted molar refractivity (Wildman–Crippen MR) is 107 cm³/mol. The largest absolute Gasteiger partial charge is 0.491 e. The lowest BCUT2D eigenvalue weighted by Gasteiger charge is -2.26. The summed E-state index contributed by atoms with van der Waals surface area (Å²) in [7, 11) is 1.56. The molecule has 2 aliphatic rings. The summed E-state index contributed by atoms with van der Waals surface area (Å²) in [5, 5.41) is 0. The van der Waals surface area contributed by atoms with Gasteiger partial charge in [0.2, 0.25) is 5.88 Å². The quantitative estimate of drug-likeness (QED) is 0.815. The first-order chi connectivity index (χ1) is 13.7.